The van der Waals surface area contributed by atoms with Crippen LogP contribution in [0.15, 0.2) is 97.2 Å². The number of allylic oxidation sites excluding steroid dienone is 15. The van der Waals surface area contributed by atoms with Gasteiger partial charge in [0.1, 0.15) is 19.3 Å². The van der Waals surface area contributed by atoms with Crippen LogP contribution in [0, 0.1) is 0 Å². The number of phosphoric acid groups is 1. The molecule has 1 amide bonds. The molecule has 10 heteroatoms. The van der Waals surface area contributed by atoms with Crippen LogP contribution in [-0.2, 0) is 27.9 Å². The molecule has 0 saturated heterocycles. The zero-order chi connectivity index (χ0) is 62.8. The predicted octanol–water partition coefficient (Wildman–Crippen LogP) is 22.4. The largest absolute Gasteiger partial charge is 0.756 e. The van der Waals surface area contributed by atoms with E-state index in [0.29, 0.717) is 23.9 Å². The number of carbonyl (C=O) groups excluding carboxylic acids is 2. The Morgan fingerprint density at radius 1 is 0.407 bits per heavy atom. The molecule has 0 bridgehead atoms. The number of phosphoric ester groups is 1. The third-order valence-corrected chi connectivity index (χ3v) is 16.7. The Labute approximate surface area is 532 Å². The summed E-state index contributed by atoms with van der Waals surface area (Å²) in [5, 5.41) is 3.04. The van der Waals surface area contributed by atoms with Crippen molar-refractivity contribution in [3.8, 4) is 0 Å². The van der Waals surface area contributed by atoms with E-state index >= 15 is 0 Å². The van der Waals surface area contributed by atoms with E-state index in [2.05, 4.69) is 111 Å². The summed E-state index contributed by atoms with van der Waals surface area (Å²) in [6.45, 7) is 6.80. The molecule has 1 N–H and O–H groups in total. The van der Waals surface area contributed by atoms with Gasteiger partial charge in [0.25, 0.3) is 7.82 Å². The minimum Gasteiger partial charge on any atom is -0.756 e. The monoisotopic (exact) mass is 1220 g/mol. The number of esters is 1. The van der Waals surface area contributed by atoms with Crippen LogP contribution in [0.25, 0.3) is 0 Å². The van der Waals surface area contributed by atoms with Gasteiger partial charge in [0, 0.05) is 12.8 Å². The van der Waals surface area contributed by atoms with Crippen LogP contribution in [-0.4, -0.2) is 69.4 Å². The van der Waals surface area contributed by atoms with E-state index in [0.717, 1.165) is 103 Å². The first-order chi connectivity index (χ1) is 41.9. The van der Waals surface area contributed by atoms with Gasteiger partial charge in [-0.2, -0.15) is 0 Å². The number of likely N-dealkylation sites (N-methyl/N-ethyl adjacent to an activating group) is 1. The first-order valence-electron chi connectivity index (χ1n) is 36.0. The van der Waals surface area contributed by atoms with Crippen molar-refractivity contribution in [3.63, 3.8) is 0 Å². The van der Waals surface area contributed by atoms with Gasteiger partial charge in [-0.3, -0.25) is 14.2 Å². The van der Waals surface area contributed by atoms with E-state index in [1.807, 2.05) is 33.3 Å². The van der Waals surface area contributed by atoms with Crippen LogP contribution in [0.4, 0.5) is 0 Å². The summed E-state index contributed by atoms with van der Waals surface area (Å²) in [6.07, 6.45) is 88.1. The molecule has 9 nitrogen and oxygen atoms in total. The van der Waals surface area contributed by atoms with Gasteiger partial charge in [-0.1, -0.05) is 292 Å². The third kappa shape index (κ3) is 65.4. The second kappa shape index (κ2) is 64.9. The number of nitrogens with one attached hydrogen (secondary N) is 1. The van der Waals surface area contributed by atoms with Crippen LogP contribution >= 0.6 is 7.82 Å². The number of hydrogen-bond donors (Lipinski definition) is 1. The van der Waals surface area contributed by atoms with Gasteiger partial charge in [0.05, 0.1) is 33.8 Å². The number of ether oxygens (including phenoxy) is 1. The average Bonchev–Trinajstić information content (AvgIpc) is 3.69. The number of unbranched alkanes of at least 4 members (excludes halogenated alkanes) is 35. The Morgan fingerprint density at radius 3 is 1.08 bits per heavy atom. The Morgan fingerprint density at radius 2 is 0.709 bits per heavy atom. The highest BCUT2D eigenvalue weighted by Crippen LogP contribution is 2.38. The van der Waals surface area contributed by atoms with Crippen molar-refractivity contribution >= 4 is 19.7 Å². The number of quaternary nitrogens is 1. The zero-order valence-electron chi connectivity index (χ0n) is 57.0. The summed E-state index contributed by atoms with van der Waals surface area (Å²) in [5.41, 5.74) is 0. The van der Waals surface area contributed by atoms with E-state index in [9.17, 15) is 19.0 Å². The van der Waals surface area contributed by atoms with Crippen LogP contribution in [0.3, 0.4) is 0 Å². The lowest BCUT2D eigenvalue weighted by molar-refractivity contribution is -0.870. The minimum absolute atomic E-state index is 0.0289. The van der Waals surface area contributed by atoms with Crippen molar-refractivity contribution in [2.24, 2.45) is 0 Å². The molecule has 0 rings (SSSR count). The number of hydrogen-bond acceptors (Lipinski definition) is 7. The molecule has 0 aromatic rings. The predicted molar refractivity (Wildman–Crippen MR) is 371 cm³/mol. The second-order valence-electron chi connectivity index (χ2n) is 25.4. The fourth-order valence-electron chi connectivity index (χ4n) is 10.2. The minimum atomic E-state index is -4.71. The number of nitrogens with zero attached hydrogens (tertiary/aromatic N) is 1. The van der Waals surface area contributed by atoms with Crippen molar-refractivity contribution in [1.29, 1.82) is 0 Å². The van der Waals surface area contributed by atoms with Crippen LogP contribution < -0.4 is 10.2 Å². The number of rotatable bonds is 65. The fourth-order valence-corrected chi connectivity index (χ4v) is 10.9. The first-order valence-corrected chi connectivity index (χ1v) is 37.5. The van der Waals surface area contributed by atoms with Gasteiger partial charge in [-0.05, 0) is 115 Å². The van der Waals surface area contributed by atoms with Crippen molar-refractivity contribution in [1.82, 2.24) is 5.32 Å². The quantitative estimate of drug-likeness (QED) is 0.0212. The molecule has 0 aliphatic heterocycles. The van der Waals surface area contributed by atoms with Gasteiger partial charge < -0.3 is 28.5 Å². The highest BCUT2D eigenvalue weighted by atomic mass is 31.2. The molecule has 498 valence electrons. The summed E-state index contributed by atoms with van der Waals surface area (Å²) in [7, 11) is 1.17. The Hall–Kier alpha value is -3.07. The van der Waals surface area contributed by atoms with Crippen LogP contribution in [0.1, 0.15) is 323 Å². The molecule has 0 aliphatic rings. The maximum Gasteiger partial charge on any atom is 0.306 e. The summed E-state index contributed by atoms with van der Waals surface area (Å²) >= 11 is 0. The lowest BCUT2D eigenvalue weighted by Gasteiger charge is -2.30. The Balaban J connectivity index is 5.07. The zero-order valence-corrected chi connectivity index (χ0v) is 57.9. The van der Waals surface area contributed by atoms with Crippen molar-refractivity contribution in [2.45, 2.75) is 335 Å². The van der Waals surface area contributed by atoms with Crippen molar-refractivity contribution in [2.75, 3.05) is 40.9 Å². The summed E-state index contributed by atoms with van der Waals surface area (Å²) in [4.78, 5) is 40.2. The van der Waals surface area contributed by atoms with Gasteiger partial charge in [0.2, 0.25) is 5.91 Å². The highest BCUT2D eigenvalue weighted by Gasteiger charge is 2.27. The molecule has 0 aromatic carbocycles. The lowest BCUT2D eigenvalue weighted by atomic mass is 10.0. The molecule has 3 unspecified atom stereocenters. The molecule has 0 fully saturated rings. The molecule has 3 atom stereocenters. The maximum absolute atomic E-state index is 13.6. The van der Waals surface area contributed by atoms with Gasteiger partial charge in [-0.15, -0.1) is 0 Å². The van der Waals surface area contributed by atoms with Crippen LogP contribution in [0.5, 0.6) is 0 Å². The second-order valence-corrected chi connectivity index (χ2v) is 26.8. The van der Waals surface area contributed by atoms with Gasteiger partial charge >= 0.3 is 5.97 Å². The topological polar surface area (TPSA) is 114 Å². The van der Waals surface area contributed by atoms with E-state index in [4.69, 9.17) is 13.8 Å². The van der Waals surface area contributed by atoms with E-state index < -0.39 is 26.6 Å². The number of amides is 1. The summed E-state index contributed by atoms with van der Waals surface area (Å²) < 4.78 is 30.4. The van der Waals surface area contributed by atoms with Gasteiger partial charge in [-0.25, -0.2) is 0 Å². The number of carbonyl (C=O) groups is 2. The average molecular weight is 1220 g/mol. The smallest absolute Gasteiger partial charge is 0.306 e. The molecule has 0 aromatic heterocycles. The van der Waals surface area contributed by atoms with Crippen molar-refractivity contribution in [3.05, 3.63) is 97.2 Å². The Kier molecular flexibility index (Phi) is 62.6. The molecule has 0 radical (unpaired) electrons. The first kappa shape index (κ1) is 82.9. The molecule has 0 saturated carbocycles. The lowest BCUT2D eigenvalue weighted by Crippen LogP contribution is -2.47. The molecule has 0 aliphatic carbocycles. The van der Waals surface area contributed by atoms with Gasteiger partial charge in [0.15, 0.2) is 0 Å². The SMILES string of the molecule is CCCCC/C=C\C/C=C\C/C=C\C/C=C\CCCCCCCC(=O)OC(/C=C\CCCCCCCCCCCC)C(COP(=O)([O-])OCC[N+](C)(C)C)NC(=O)CCCCCCCCCCCCCCCC/C=C\C/C=C\C/C=C\CCCCC. The summed E-state index contributed by atoms with van der Waals surface area (Å²) in [6, 6.07) is -0.903. The standard InChI is InChI=1S/C76H137N2O7P/c1-7-10-13-16-19-22-25-28-30-32-34-36-37-38-39-40-41-43-44-46-48-50-53-56-59-62-65-68-75(79)77-73(72-84-86(81,82)83-71-70-78(4,5)6)74(67-64-61-58-55-52-27-24-21-18-15-12-9-3)85-76(80)69-66-63-60-57-54-51-49-47-45-42-35-33-31-29-26-23-20-17-14-11-8-2/h19-20,22-23,28-31,34-36,42,47,49,64,67,73-74H,7-18,21,24-27,32-33,37-41,43-46,48,50-63,65-66,68-72H2,1-6H3,(H-,77,79,81,82)/b22-19-,23-20-,30-28-,31-29-,36-34-,42-35-,49-47-,67-64-. The maximum atomic E-state index is 13.6. The molecule has 0 heterocycles. The van der Waals surface area contributed by atoms with E-state index in [1.54, 1.807) is 0 Å². The molecule has 0 spiro atoms. The van der Waals surface area contributed by atoms with E-state index in [-0.39, 0.29) is 24.9 Å². The molecular formula is C76H137N2O7P. The fraction of sp³-hybridized carbons (Fsp3) is 0.763. The highest BCUT2D eigenvalue weighted by molar-refractivity contribution is 7.45. The summed E-state index contributed by atoms with van der Waals surface area (Å²) in [5.74, 6) is -0.558. The third-order valence-electron chi connectivity index (χ3n) is 15.7. The Bertz CT molecular complexity index is 1790. The normalized spacial score (nSPS) is 14.1. The molecule has 86 heavy (non-hydrogen) atoms. The van der Waals surface area contributed by atoms with E-state index in [1.165, 1.54) is 180 Å². The van der Waals surface area contributed by atoms with Crippen LogP contribution in [0.2, 0.25) is 0 Å². The van der Waals surface area contributed by atoms with Crippen molar-refractivity contribution < 1.29 is 37.3 Å². The molecular weight excluding hydrogens is 1080 g/mol.